The average molecular weight is 266 g/mol. The normalized spacial score (nSPS) is 25.0. The molecule has 0 bridgehead atoms. The van der Waals surface area contributed by atoms with E-state index in [1.807, 2.05) is 0 Å². The second-order valence-electron chi connectivity index (χ2n) is 4.73. The van der Waals surface area contributed by atoms with Crippen molar-refractivity contribution in [1.29, 1.82) is 0 Å². The molecule has 0 N–H and O–H groups in total. The van der Waals surface area contributed by atoms with Crippen molar-refractivity contribution < 1.29 is 0 Å². The van der Waals surface area contributed by atoms with Crippen LogP contribution in [0.2, 0.25) is 0 Å². The van der Waals surface area contributed by atoms with Crippen molar-refractivity contribution in [1.82, 2.24) is 4.90 Å². The van der Waals surface area contributed by atoms with Crippen molar-refractivity contribution in [2.45, 2.75) is 25.2 Å². The summed E-state index contributed by atoms with van der Waals surface area (Å²) in [6.07, 6.45) is 4.03. The highest BCUT2D eigenvalue weighted by Gasteiger charge is 2.26. The van der Waals surface area contributed by atoms with Gasteiger partial charge in [-0.2, -0.15) is 0 Å². The Bertz CT molecular complexity index is 371. The molecule has 1 aromatic carbocycles. The van der Waals surface area contributed by atoms with E-state index in [1.54, 1.807) is 11.1 Å². The van der Waals surface area contributed by atoms with E-state index < -0.39 is 0 Å². The first-order chi connectivity index (χ1) is 7.33. The minimum atomic E-state index is 0.790. The van der Waals surface area contributed by atoms with Crippen molar-refractivity contribution in [2.75, 3.05) is 19.6 Å². The predicted molar refractivity (Wildman–Crippen MR) is 66.3 cm³/mol. The van der Waals surface area contributed by atoms with Gasteiger partial charge in [-0.1, -0.05) is 22.0 Å². The maximum Gasteiger partial charge on any atom is 0.0178 e. The Morgan fingerprint density at radius 2 is 2.20 bits per heavy atom. The summed E-state index contributed by atoms with van der Waals surface area (Å²) in [4.78, 5) is 2.58. The van der Waals surface area contributed by atoms with Gasteiger partial charge in [-0.25, -0.2) is 0 Å². The molecule has 0 aromatic heterocycles. The van der Waals surface area contributed by atoms with Gasteiger partial charge in [0.15, 0.2) is 0 Å². The molecule has 1 aliphatic carbocycles. The second kappa shape index (κ2) is 3.91. The van der Waals surface area contributed by atoms with Crippen LogP contribution in [-0.2, 0) is 6.42 Å². The summed E-state index contributed by atoms with van der Waals surface area (Å²) in [6, 6.07) is 6.78. The maximum atomic E-state index is 3.58. The van der Waals surface area contributed by atoms with Crippen LogP contribution in [-0.4, -0.2) is 24.5 Å². The van der Waals surface area contributed by atoms with Crippen LogP contribution in [0.5, 0.6) is 0 Å². The van der Waals surface area contributed by atoms with Gasteiger partial charge in [-0.15, -0.1) is 0 Å². The summed E-state index contributed by atoms with van der Waals surface area (Å²) in [5, 5.41) is 0. The minimum Gasteiger partial charge on any atom is -0.303 e. The van der Waals surface area contributed by atoms with Gasteiger partial charge >= 0.3 is 0 Å². The Labute approximate surface area is 99.6 Å². The molecular formula is C13H16BrN. The highest BCUT2D eigenvalue weighted by molar-refractivity contribution is 9.10. The molecule has 0 radical (unpaired) electrons. The van der Waals surface area contributed by atoms with E-state index in [1.165, 1.54) is 43.4 Å². The number of fused-ring (bicyclic) bond motifs is 1. The number of nitrogens with zero attached hydrogens (tertiary/aromatic N) is 1. The number of rotatable bonds is 2. The van der Waals surface area contributed by atoms with E-state index in [9.17, 15) is 0 Å². The lowest BCUT2D eigenvalue weighted by Gasteiger charge is -2.33. The largest absolute Gasteiger partial charge is 0.303 e. The Kier molecular flexibility index (Phi) is 2.57. The minimum absolute atomic E-state index is 0.790. The van der Waals surface area contributed by atoms with Crippen molar-refractivity contribution in [3.8, 4) is 0 Å². The molecule has 15 heavy (non-hydrogen) atoms. The first kappa shape index (κ1) is 9.86. The number of likely N-dealkylation sites (tertiary alicyclic amines) is 1. The number of halogens is 1. The van der Waals surface area contributed by atoms with Crippen molar-refractivity contribution in [3.05, 3.63) is 33.8 Å². The topological polar surface area (TPSA) is 3.24 Å². The molecule has 3 rings (SSSR count). The van der Waals surface area contributed by atoms with Gasteiger partial charge < -0.3 is 4.90 Å². The first-order valence-corrected chi connectivity index (χ1v) is 6.63. The van der Waals surface area contributed by atoms with Crippen LogP contribution in [0.3, 0.4) is 0 Å². The molecule has 1 saturated heterocycles. The van der Waals surface area contributed by atoms with Gasteiger partial charge in [0.1, 0.15) is 0 Å². The monoisotopic (exact) mass is 265 g/mol. The Morgan fingerprint density at radius 1 is 1.33 bits per heavy atom. The summed E-state index contributed by atoms with van der Waals surface area (Å²) in [6.45, 7) is 3.92. The fourth-order valence-electron chi connectivity index (χ4n) is 2.72. The van der Waals surface area contributed by atoms with E-state index in [0.29, 0.717) is 0 Å². The van der Waals surface area contributed by atoms with E-state index in [0.717, 1.165) is 5.92 Å². The number of aryl methyl sites for hydroxylation is 1. The molecule has 1 fully saturated rings. The van der Waals surface area contributed by atoms with E-state index in [2.05, 4.69) is 39.0 Å². The molecule has 1 unspecified atom stereocenters. The molecule has 1 aromatic rings. The Morgan fingerprint density at radius 3 is 2.93 bits per heavy atom. The summed E-state index contributed by atoms with van der Waals surface area (Å²) in [5.41, 5.74) is 3.17. The van der Waals surface area contributed by atoms with Crippen molar-refractivity contribution in [2.24, 2.45) is 0 Å². The van der Waals surface area contributed by atoms with Crippen LogP contribution in [0.4, 0.5) is 0 Å². The lowest BCUT2D eigenvalue weighted by molar-refractivity contribution is 0.169. The molecule has 1 aliphatic heterocycles. The van der Waals surface area contributed by atoms with Gasteiger partial charge in [0, 0.05) is 11.0 Å². The standard InChI is InChI=1S/C13H16BrN/c14-12-5-4-10-2-3-11(13(10)8-12)9-15-6-1-7-15/h4-5,8,11H,1-3,6-7,9H2. The zero-order valence-corrected chi connectivity index (χ0v) is 10.5. The predicted octanol–water partition coefficient (Wildman–Crippen LogP) is 3.18. The summed E-state index contributed by atoms with van der Waals surface area (Å²) >= 11 is 3.58. The van der Waals surface area contributed by atoms with E-state index in [4.69, 9.17) is 0 Å². The Hall–Kier alpha value is -0.340. The third-order valence-electron chi connectivity index (χ3n) is 3.74. The lowest BCUT2D eigenvalue weighted by Crippen LogP contribution is -2.39. The van der Waals surface area contributed by atoms with Gasteiger partial charge in [0.2, 0.25) is 0 Å². The molecule has 0 spiro atoms. The van der Waals surface area contributed by atoms with Gasteiger partial charge in [0.25, 0.3) is 0 Å². The van der Waals surface area contributed by atoms with Crippen LogP contribution < -0.4 is 0 Å². The number of hydrogen-bond donors (Lipinski definition) is 0. The molecule has 1 atom stereocenters. The quantitative estimate of drug-likeness (QED) is 0.794. The van der Waals surface area contributed by atoms with Gasteiger partial charge in [-0.05, 0) is 61.5 Å². The summed E-state index contributed by atoms with van der Waals surface area (Å²) < 4.78 is 1.23. The second-order valence-corrected chi connectivity index (χ2v) is 5.65. The SMILES string of the molecule is Brc1ccc2c(c1)C(CN1CCC1)CC2. The molecule has 2 aliphatic rings. The zero-order valence-electron chi connectivity index (χ0n) is 8.88. The first-order valence-electron chi connectivity index (χ1n) is 5.83. The molecule has 0 amide bonds. The van der Waals surface area contributed by atoms with Crippen LogP contribution in [0.1, 0.15) is 29.9 Å². The molecule has 80 valence electrons. The highest BCUT2D eigenvalue weighted by Crippen LogP contribution is 2.35. The molecule has 0 saturated carbocycles. The summed E-state index contributed by atoms with van der Waals surface area (Å²) in [5.74, 6) is 0.790. The Balaban J connectivity index is 1.80. The smallest absolute Gasteiger partial charge is 0.0178 e. The fraction of sp³-hybridized carbons (Fsp3) is 0.538. The average Bonchev–Trinajstić information content (AvgIpc) is 2.54. The van der Waals surface area contributed by atoms with Crippen LogP contribution in [0.15, 0.2) is 22.7 Å². The third kappa shape index (κ3) is 1.85. The summed E-state index contributed by atoms with van der Waals surface area (Å²) in [7, 11) is 0. The number of benzene rings is 1. The van der Waals surface area contributed by atoms with E-state index >= 15 is 0 Å². The van der Waals surface area contributed by atoms with Crippen molar-refractivity contribution >= 4 is 15.9 Å². The van der Waals surface area contributed by atoms with E-state index in [-0.39, 0.29) is 0 Å². The van der Waals surface area contributed by atoms with Crippen molar-refractivity contribution in [3.63, 3.8) is 0 Å². The highest BCUT2D eigenvalue weighted by atomic mass is 79.9. The van der Waals surface area contributed by atoms with Gasteiger partial charge in [-0.3, -0.25) is 0 Å². The third-order valence-corrected chi connectivity index (χ3v) is 4.23. The fourth-order valence-corrected chi connectivity index (χ4v) is 3.10. The number of hydrogen-bond acceptors (Lipinski definition) is 1. The molecular weight excluding hydrogens is 250 g/mol. The zero-order chi connectivity index (χ0) is 10.3. The molecule has 1 nitrogen and oxygen atoms in total. The van der Waals surface area contributed by atoms with Crippen LogP contribution >= 0.6 is 15.9 Å². The van der Waals surface area contributed by atoms with Crippen LogP contribution in [0.25, 0.3) is 0 Å². The maximum absolute atomic E-state index is 3.58. The lowest BCUT2D eigenvalue weighted by atomic mass is 9.99. The molecule has 1 heterocycles. The van der Waals surface area contributed by atoms with Crippen LogP contribution in [0, 0.1) is 0 Å². The molecule has 2 heteroatoms. The van der Waals surface area contributed by atoms with Gasteiger partial charge in [0.05, 0.1) is 0 Å².